The van der Waals surface area contributed by atoms with Crippen LogP contribution in [0.3, 0.4) is 0 Å². The minimum atomic E-state index is -0.290. The molecule has 1 aromatic heterocycles. The van der Waals surface area contributed by atoms with Crippen LogP contribution in [0.15, 0.2) is 47.6 Å². The predicted octanol–water partition coefficient (Wildman–Crippen LogP) is 2.85. The van der Waals surface area contributed by atoms with E-state index >= 15 is 0 Å². The molecule has 7 heteroatoms. The zero-order valence-electron chi connectivity index (χ0n) is 15.8. The Morgan fingerprint density at radius 3 is 2.69 bits per heavy atom. The van der Waals surface area contributed by atoms with Crippen LogP contribution in [0.2, 0.25) is 0 Å². The summed E-state index contributed by atoms with van der Waals surface area (Å²) in [7, 11) is 0. The van der Waals surface area contributed by atoms with Crippen molar-refractivity contribution >= 4 is 34.6 Å². The van der Waals surface area contributed by atoms with Crippen LogP contribution in [0.25, 0.3) is 22.2 Å². The van der Waals surface area contributed by atoms with Crippen molar-refractivity contribution in [1.82, 2.24) is 15.7 Å². The molecule has 0 spiro atoms. The van der Waals surface area contributed by atoms with Gasteiger partial charge in [-0.05, 0) is 43.6 Å². The molecule has 1 saturated heterocycles. The second-order valence-corrected chi connectivity index (χ2v) is 7.44. The number of benzene rings is 2. The highest BCUT2D eigenvalue weighted by molar-refractivity contribution is 6.18. The van der Waals surface area contributed by atoms with Crippen molar-refractivity contribution in [2.75, 3.05) is 18.4 Å². The fourth-order valence-corrected chi connectivity index (χ4v) is 4.11. The smallest absolute Gasteiger partial charge is 0.272 e. The molecule has 29 heavy (non-hydrogen) atoms. The summed E-state index contributed by atoms with van der Waals surface area (Å²) in [6.07, 6.45) is 3.31. The summed E-state index contributed by atoms with van der Waals surface area (Å²) in [5.74, 6) is -0.303. The number of nitrogens with one attached hydrogen (secondary N) is 4. The summed E-state index contributed by atoms with van der Waals surface area (Å²) < 4.78 is 0. The highest BCUT2D eigenvalue weighted by Crippen LogP contribution is 2.34. The van der Waals surface area contributed by atoms with Crippen LogP contribution in [0.5, 0.6) is 0 Å². The zero-order chi connectivity index (χ0) is 19.8. The van der Waals surface area contributed by atoms with Crippen LogP contribution in [-0.2, 0) is 4.79 Å². The Labute approximate surface area is 167 Å². The van der Waals surface area contributed by atoms with E-state index in [0.29, 0.717) is 11.3 Å². The van der Waals surface area contributed by atoms with Gasteiger partial charge in [0, 0.05) is 28.1 Å². The number of piperidine rings is 1. The summed E-state index contributed by atoms with van der Waals surface area (Å²) in [5, 5.41) is 11.2. The van der Waals surface area contributed by atoms with E-state index < -0.39 is 0 Å². The average molecular weight is 387 g/mol. The van der Waals surface area contributed by atoms with Gasteiger partial charge in [-0.25, -0.2) is 5.43 Å². The van der Waals surface area contributed by atoms with Crippen molar-refractivity contribution in [3.63, 3.8) is 0 Å². The Hall–Kier alpha value is -3.45. The van der Waals surface area contributed by atoms with Crippen molar-refractivity contribution < 1.29 is 9.59 Å². The van der Waals surface area contributed by atoms with Gasteiger partial charge in [0.1, 0.15) is 0 Å². The maximum atomic E-state index is 12.7. The molecule has 0 bridgehead atoms. The summed E-state index contributed by atoms with van der Waals surface area (Å²) in [6.45, 7) is 1.70. The number of hydrogen-bond acceptors (Lipinski definition) is 4. The standard InChI is InChI=1S/C22H21N5O2/c28-21(14-6-8-23-9-7-14)25-15-10-16-19-17(12-24-27-22(16)29)20(26-18(19)11-15)13-4-2-1-3-5-13/h1-5,10-12,14,23,26H,6-9H2,(H,25,28)(H,27,29). The molecule has 0 aliphatic carbocycles. The molecular formula is C22H21N5O2. The number of hydrazone groups is 1. The minimum Gasteiger partial charge on any atom is -0.354 e. The van der Waals surface area contributed by atoms with Crippen molar-refractivity contribution in [3.05, 3.63) is 53.6 Å². The number of anilines is 1. The number of aromatic amines is 1. The van der Waals surface area contributed by atoms with Gasteiger partial charge < -0.3 is 15.6 Å². The molecular weight excluding hydrogens is 366 g/mol. The normalized spacial score (nSPS) is 16.5. The third kappa shape index (κ3) is 3.19. The molecule has 0 saturated carbocycles. The molecule has 2 aliphatic rings. The van der Waals surface area contributed by atoms with E-state index in [-0.39, 0.29) is 17.7 Å². The molecule has 0 unspecified atom stereocenters. The highest BCUT2D eigenvalue weighted by atomic mass is 16.2. The Morgan fingerprint density at radius 2 is 1.90 bits per heavy atom. The Morgan fingerprint density at radius 1 is 1.10 bits per heavy atom. The van der Waals surface area contributed by atoms with Gasteiger partial charge in [-0.3, -0.25) is 9.59 Å². The molecule has 7 nitrogen and oxygen atoms in total. The summed E-state index contributed by atoms with van der Waals surface area (Å²) in [6, 6.07) is 13.5. The number of amides is 2. The largest absolute Gasteiger partial charge is 0.354 e. The lowest BCUT2D eigenvalue weighted by molar-refractivity contribution is -0.120. The first-order valence-corrected chi connectivity index (χ1v) is 9.81. The second kappa shape index (κ2) is 7.18. The fourth-order valence-electron chi connectivity index (χ4n) is 4.11. The van der Waals surface area contributed by atoms with Crippen molar-refractivity contribution in [1.29, 1.82) is 0 Å². The predicted molar refractivity (Wildman–Crippen MR) is 113 cm³/mol. The van der Waals surface area contributed by atoms with Crippen molar-refractivity contribution in [3.8, 4) is 11.3 Å². The molecule has 4 N–H and O–H groups in total. The molecule has 5 rings (SSSR count). The number of H-pyrrole nitrogens is 1. The molecule has 2 aromatic carbocycles. The van der Waals surface area contributed by atoms with Crippen LogP contribution < -0.4 is 16.1 Å². The number of nitrogens with zero attached hydrogens (tertiary/aromatic N) is 1. The van der Waals surface area contributed by atoms with Gasteiger partial charge in [-0.2, -0.15) is 5.10 Å². The summed E-state index contributed by atoms with van der Waals surface area (Å²) in [4.78, 5) is 28.7. The summed E-state index contributed by atoms with van der Waals surface area (Å²) in [5.41, 5.74) is 7.21. The van der Waals surface area contributed by atoms with Crippen LogP contribution in [0, 0.1) is 5.92 Å². The number of aromatic nitrogens is 1. The van der Waals surface area contributed by atoms with Crippen LogP contribution in [0.4, 0.5) is 5.69 Å². The van der Waals surface area contributed by atoms with Gasteiger partial charge >= 0.3 is 0 Å². The van der Waals surface area contributed by atoms with Crippen molar-refractivity contribution in [2.45, 2.75) is 12.8 Å². The molecule has 3 aromatic rings. The van der Waals surface area contributed by atoms with E-state index in [0.717, 1.165) is 53.7 Å². The zero-order valence-corrected chi connectivity index (χ0v) is 15.8. The Kier molecular flexibility index (Phi) is 4.37. The summed E-state index contributed by atoms with van der Waals surface area (Å²) >= 11 is 0. The molecule has 2 amide bonds. The third-order valence-corrected chi connectivity index (χ3v) is 5.58. The van der Waals surface area contributed by atoms with E-state index in [9.17, 15) is 9.59 Å². The highest BCUT2D eigenvalue weighted by Gasteiger charge is 2.24. The maximum Gasteiger partial charge on any atom is 0.272 e. The van der Waals surface area contributed by atoms with Gasteiger partial charge in [-0.1, -0.05) is 30.3 Å². The number of rotatable bonds is 3. The third-order valence-electron chi connectivity index (χ3n) is 5.58. The Balaban J connectivity index is 1.59. The SMILES string of the molecule is O=C1NN=Cc2c(-c3ccccc3)[nH]c3cc(NC(=O)C4CCNCC4)cc1c23. The lowest BCUT2D eigenvalue weighted by Crippen LogP contribution is -2.34. The first-order valence-electron chi connectivity index (χ1n) is 9.81. The van der Waals surface area contributed by atoms with E-state index in [4.69, 9.17) is 0 Å². The lowest BCUT2D eigenvalue weighted by atomic mass is 9.97. The van der Waals surface area contributed by atoms with E-state index in [1.165, 1.54) is 0 Å². The Bertz CT molecular complexity index is 1130. The maximum absolute atomic E-state index is 12.7. The molecule has 1 fully saturated rings. The number of carbonyl (C=O) groups is 2. The molecule has 0 radical (unpaired) electrons. The van der Waals surface area contributed by atoms with E-state index in [1.54, 1.807) is 12.3 Å². The molecule has 2 aliphatic heterocycles. The van der Waals surface area contributed by atoms with Crippen LogP contribution >= 0.6 is 0 Å². The quantitative estimate of drug-likeness (QED) is 0.556. The monoisotopic (exact) mass is 387 g/mol. The van der Waals surface area contributed by atoms with Gasteiger partial charge in [-0.15, -0.1) is 0 Å². The van der Waals surface area contributed by atoms with Crippen LogP contribution in [0.1, 0.15) is 28.8 Å². The van der Waals surface area contributed by atoms with Crippen LogP contribution in [-0.4, -0.2) is 36.1 Å². The molecule has 0 atom stereocenters. The second-order valence-electron chi connectivity index (χ2n) is 7.44. The first-order chi connectivity index (χ1) is 14.2. The first kappa shape index (κ1) is 17.6. The number of hydrogen-bond donors (Lipinski definition) is 4. The van der Waals surface area contributed by atoms with Gasteiger partial charge in [0.05, 0.1) is 17.5 Å². The molecule has 3 heterocycles. The number of carbonyl (C=O) groups excluding carboxylic acids is 2. The van der Waals surface area contributed by atoms with Crippen molar-refractivity contribution in [2.24, 2.45) is 11.0 Å². The van der Waals surface area contributed by atoms with E-state index in [1.807, 2.05) is 36.4 Å². The molecule has 146 valence electrons. The minimum absolute atomic E-state index is 0.00149. The average Bonchev–Trinajstić information content (AvgIpc) is 3.03. The van der Waals surface area contributed by atoms with E-state index in [2.05, 4.69) is 26.1 Å². The van der Waals surface area contributed by atoms with Gasteiger partial charge in [0.2, 0.25) is 5.91 Å². The fraction of sp³-hybridized carbons (Fsp3) is 0.227. The van der Waals surface area contributed by atoms with Gasteiger partial charge in [0.15, 0.2) is 0 Å². The lowest BCUT2D eigenvalue weighted by Gasteiger charge is -2.21. The van der Waals surface area contributed by atoms with Gasteiger partial charge in [0.25, 0.3) is 5.91 Å². The topological polar surface area (TPSA) is 98.4 Å².